The van der Waals surface area contributed by atoms with Gasteiger partial charge in [0, 0.05) is 25.0 Å². The first-order chi connectivity index (χ1) is 14.5. The van der Waals surface area contributed by atoms with Gasteiger partial charge in [-0.25, -0.2) is 4.98 Å². The molecule has 0 spiro atoms. The van der Waals surface area contributed by atoms with E-state index in [0.29, 0.717) is 18.3 Å². The second-order valence-corrected chi connectivity index (χ2v) is 8.70. The van der Waals surface area contributed by atoms with Gasteiger partial charge in [0.05, 0.1) is 18.6 Å². The summed E-state index contributed by atoms with van der Waals surface area (Å²) in [5.41, 5.74) is 4.62. The van der Waals surface area contributed by atoms with Crippen LogP contribution in [0.25, 0.3) is 5.69 Å². The van der Waals surface area contributed by atoms with Crippen molar-refractivity contribution < 1.29 is 9.53 Å². The molecule has 1 amide bonds. The molecule has 5 nitrogen and oxygen atoms in total. The fraction of sp³-hybridized carbons (Fsp3) is 0.333. The van der Waals surface area contributed by atoms with E-state index in [1.807, 2.05) is 35.4 Å². The molecule has 6 heteroatoms. The van der Waals surface area contributed by atoms with Crippen LogP contribution >= 0.6 is 11.8 Å². The van der Waals surface area contributed by atoms with E-state index < -0.39 is 0 Å². The monoisotopic (exact) mass is 421 g/mol. The highest BCUT2D eigenvalue weighted by Crippen LogP contribution is 2.30. The predicted octanol–water partition coefficient (Wildman–Crippen LogP) is 4.78. The van der Waals surface area contributed by atoms with Crippen LogP contribution in [0, 0.1) is 13.8 Å². The van der Waals surface area contributed by atoms with Crippen LogP contribution in [0.3, 0.4) is 0 Å². The van der Waals surface area contributed by atoms with Crippen molar-refractivity contribution in [3.8, 4) is 11.4 Å². The van der Waals surface area contributed by atoms with Crippen molar-refractivity contribution >= 4 is 17.7 Å². The summed E-state index contributed by atoms with van der Waals surface area (Å²) in [6.45, 7) is 4.82. The summed E-state index contributed by atoms with van der Waals surface area (Å²) in [6, 6.07) is 14.7. The van der Waals surface area contributed by atoms with E-state index in [2.05, 4.69) is 41.6 Å². The molecule has 0 unspecified atom stereocenters. The quantitative estimate of drug-likeness (QED) is 0.491. The Kier molecular flexibility index (Phi) is 6.13. The van der Waals surface area contributed by atoms with E-state index in [9.17, 15) is 4.79 Å². The molecule has 0 N–H and O–H groups in total. The number of aryl methyl sites for hydroxylation is 2. The van der Waals surface area contributed by atoms with Crippen LogP contribution in [0.1, 0.15) is 29.5 Å². The lowest BCUT2D eigenvalue weighted by Gasteiger charge is -2.22. The van der Waals surface area contributed by atoms with Gasteiger partial charge in [0.2, 0.25) is 5.91 Å². The highest BCUT2D eigenvalue weighted by Gasteiger charge is 2.32. The lowest BCUT2D eigenvalue weighted by molar-refractivity contribution is -0.129. The molecular formula is C24H27N3O2S. The molecule has 4 rings (SSSR count). The van der Waals surface area contributed by atoms with Crippen LogP contribution in [-0.4, -0.2) is 39.3 Å². The van der Waals surface area contributed by atoms with Gasteiger partial charge >= 0.3 is 0 Å². The molecule has 1 heterocycles. The van der Waals surface area contributed by atoms with Crippen molar-refractivity contribution in [3.05, 3.63) is 71.5 Å². The standard InChI is InChI=1S/C24H27N3O2S/c1-17-4-5-18(2)22(14-17)26-13-12-25-24(26)30-16-23(28)27(20-8-9-20)15-19-6-10-21(29-3)11-7-19/h4-7,10-14,20H,8-9,15-16H2,1-3H3. The van der Waals surface area contributed by atoms with Crippen molar-refractivity contribution in [2.75, 3.05) is 12.9 Å². The van der Waals surface area contributed by atoms with Gasteiger partial charge in [0.1, 0.15) is 5.75 Å². The molecule has 0 bridgehead atoms. The van der Waals surface area contributed by atoms with Crippen LogP contribution < -0.4 is 4.74 Å². The lowest BCUT2D eigenvalue weighted by Crippen LogP contribution is -2.34. The number of hydrogen-bond acceptors (Lipinski definition) is 4. The van der Waals surface area contributed by atoms with Gasteiger partial charge < -0.3 is 9.64 Å². The molecule has 1 fully saturated rings. The predicted molar refractivity (Wildman–Crippen MR) is 120 cm³/mol. The lowest BCUT2D eigenvalue weighted by atomic mass is 10.1. The van der Waals surface area contributed by atoms with Gasteiger partial charge in [-0.2, -0.15) is 0 Å². The van der Waals surface area contributed by atoms with Crippen LogP contribution in [0.15, 0.2) is 60.0 Å². The molecule has 0 atom stereocenters. The third kappa shape index (κ3) is 4.70. The minimum absolute atomic E-state index is 0.161. The summed E-state index contributed by atoms with van der Waals surface area (Å²) >= 11 is 1.50. The maximum atomic E-state index is 13.1. The van der Waals surface area contributed by atoms with Gasteiger partial charge in [-0.05, 0) is 61.6 Å². The Hall–Kier alpha value is -2.73. The second kappa shape index (κ2) is 8.96. The summed E-state index contributed by atoms with van der Waals surface area (Å²) < 4.78 is 7.31. The van der Waals surface area contributed by atoms with Gasteiger partial charge in [0.15, 0.2) is 5.16 Å². The number of carbonyl (C=O) groups excluding carboxylic acids is 1. The maximum absolute atomic E-state index is 13.1. The van der Waals surface area contributed by atoms with Gasteiger partial charge in [0.25, 0.3) is 0 Å². The third-order valence-electron chi connectivity index (χ3n) is 5.38. The average Bonchev–Trinajstić information content (AvgIpc) is 3.49. The number of carbonyl (C=O) groups is 1. The summed E-state index contributed by atoms with van der Waals surface area (Å²) in [5, 5.41) is 0.845. The van der Waals surface area contributed by atoms with Crippen molar-refractivity contribution in [3.63, 3.8) is 0 Å². The topological polar surface area (TPSA) is 47.4 Å². The van der Waals surface area contributed by atoms with Gasteiger partial charge in [-0.1, -0.05) is 36.0 Å². The number of imidazole rings is 1. The van der Waals surface area contributed by atoms with Crippen LogP contribution in [0.4, 0.5) is 0 Å². The molecule has 0 saturated heterocycles. The van der Waals surface area contributed by atoms with E-state index in [-0.39, 0.29) is 5.91 Å². The molecule has 1 aliphatic carbocycles. The molecule has 1 aliphatic rings. The van der Waals surface area contributed by atoms with Crippen LogP contribution in [0.2, 0.25) is 0 Å². The molecule has 30 heavy (non-hydrogen) atoms. The highest BCUT2D eigenvalue weighted by atomic mass is 32.2. The summed E-state index contributed by atoms with van der Waals surface area (Å²) in [6.07, 6.45) is 5.93. The average molecular weight is 422 g/mol. The molecule has 1 saturated carbocycles. The zero-order valence-electron chi connectivity index (χ0n) is 17.7. The number of aromatic nitrogens is 2. The summed E-state index contributed by atoms with van der Waals surface area (Å²) in [4.78, 5) is 19.6. The second-order valence-electron chi connectivity index (χ2n) is 7.76. The number of amides is 1. The highest BCUT2D eigenvalue weighted by molar-refractivity contribution is 7.99. The fourth-order valence-corrected chi connectivity index (χ4v) is 4.35. The first-order valence-corrected chi connectivity index (χ1v) is 11.2. The number of thioether (sulfide) groups is 1. The SMILES string of the molecule is COc1ccc(CN(C(=O)CSc2nccn2-c2cc(C)ccc2C)C2CC2)cc1. The van der Waals surface area contributed by atoms with E-state index >= 15 is 0 Å². The number of hydrogen-bond donors (Lipinski definition) is 0. The summed E-state index contributed by atoms with van der Waals surface area (Å²) in [7, 11) is 1.66. The van der Waals surface area contributed by atoms with E-state index in [0.717, 1.165) is 35.0 Å². The first-order valence-electron chi connectivity index (χ1n) is 10.2. The molecule has 1 aromatic heterocycles. The molecule has 0 radical (unpaired) electrons. The minimum atomic E-state index is 0.161. The van der Waals surface area contributed by atoms with Crippen molar-refractivity contribution in [2.24, 2.45) is 0 Å². The number of ether oxygens (including phenoxy) is 1. The number of rotatable bonds is 8. The van der Waals surface area contributed by atoms with Crippen LogP contribution in [0.5, 0.6) is 5.75 Å². The van der Waals surface area contributed by atoms with E-state index in [4.69, 9.17) is 4.74 Å². The van der Waals surface area contributed by atoms with Crippen molar-refractivity contribution in [1.29, 1.82) is 0 Å². The number of benzene rings is 2. The summed E-state index contributed by atoms with van der Waals surface area (Å²) in [5.74, 6) is 1.37. The fourth-order valence-electron chi connectivity index (χ4n) is 3.50. The third-order valence-corrected chi connectivity index (χ3v) is 6.33. The Morgan fingerprint density at radius 1 is 1.20 bits per heavy atom. The number of nitrogens with zero attached hydrogens (tertiary/aromatic N) is 3. The molecule has 2 aromatic carbocycles. The maximum Gasteiger partial charge on any atom is 0.233 e. The largest absolute Gasteiger partial charge is 0.497 e. The Labute approximate surface area is 182 Å². The molecule has 3 aromatic rings. The van der Waals surface area contributed by atoms with Gasteiger partial charge in [-0.3, -0.25) is 9.36 Å². The van der Waals surface area contributed by atoms with Crippen molar-refractivity contribution in [1.82, 2.24) is 14.5 Å². The van der Waals surface area contributed by atoms with E-state index in [1.54, 1.807) is 13.3 Å². The van der Waals surface area contributed by atoms with E-state index in [1.165, 1.54) is 22.9 Å². The minimum Gasteiger partial charge on any atom is -0.497 e. The first kappa shape index (κ1) is 20.5. The molecule has 0 aliphatic heterocycles. The smallest absolute Gasteiger partial charge is 0.233 e. The Morgan fingerprint density at radius 2 is 1.97 bits per heavy atom. The normalized spacial score (nSPS) is 13.3. The Bertz CT molecular complexity index is 1030. The molecular weight excluding hydrogens is 394 g/mol. The Morgan fingerprint density at radius 3 is 2.67 bits per heavy atom. The zero-order valence-corrected chi connectivity index (χ0v) is 18.5. The van der Waals surface area contributed by atoms with Crippen molar-refractivity contribution in [2.45, 2.75) is 44.4 Å². The zero-order chi connectivity index (χ0) is 21.1. The number of methoxy groups -OCH3 is 1. The molecule has 156 valence electrons. The Balaban J connectivity index is 1.44. The van der Waals surface area contributed by atoms with Crippen LogP contribution in [-0.2, 0) is 11.3 Å². The van der Waals surface area contributed by atoms with Gasteiger partial charge in [-0.15, -0.1) is 0 Å².